The molecule has 12 aromatic rings. The summed E-state index contributed by atoms with van der Waals surface area (Å²) in [6, 6.07) is 81.9. The highest BCUT2D eigenvalue weighted by Crippen LogP contribution is 2.55. The minimum atomic E-state index is -0.252. The summed E-state index contributed by atoms with van der Waals surface area (Å²) >= 11 is 0. The van der Waals surface area contributed by atoms with Crippen LogP contribution in [0.3, 0.4) is 0 Å². The molecule has 0 radical (unpaired) electrons. The normalized spacial score (nSPS) is 14.1. The quantitative estimate of drug-likeness (QED) is 0.156. The fraction of sp³-hybridized carbons (Fsp3) is 0.0909. The van der Waals surface area contributed by atoms with Crippen LogP contribution in [-0.2, 0) is 10.8 Å². The van der Waals surface area contributed by atoms with E-state index >= 15 is 0 Å². The van der Waals surface area contributed by atoms with Gasteiger partial charge < -0.3 is 9.47 Å². The second kappa shape index (κ2) is 14.2. The van der Waals surface area contributed by atoms with E-state index in [-0.39, 0.29) is 10.8 Å². The Kier molecular flexibility index (Phi) is 8.12. The third kappa shape index (κ3) is 5.40. The third-order valence-electron chi connectivity index (χ3n) is 15.8. The minimum Gasteiger partial charge on any atom is -0.310 e. The van der Waals surface area contributed by atoms with E-state index in [4.69, 9.17) is 0 Å². The number of rotatable bonds is 5. The van der Waals surface area contributed by atoms with Gasteiger partial charge in [-0.15, -0.1) is 0 Å². The number of fused-ring (bicyclic) bond motifs is 15. The van der Waals surface area contributed by atoms with E-state index in [1.54, 1.807) is 0 Å². The lowest BCUT2D eigenvalue weighted by Gasteiger charge is -2.30. The first-order valence-corrected chi connectivity index (χ1v) is 24.0. The third-order valence-corrected chi connectivity index (χ3v) is 15.8. The summed E-state index contributed by atoms with van der Waals surface area (Å²) < 4.78 is 2.49. The van der Waals surface area contributed by atoms with Gasteiger partial charge in [0.15, 0.2) is 0 Å². The summed E-state index contributed by atoms with van der Waals surface area (Å²) in [7, 11) is 0. The van der Waals surface area contributed by atoms with Crippen LogP contribution in [0.5, 0.6) is 0 Å². The van der Waals surface area contributed by atoms with Crippen molar-refractivity contribution in [3.8, 4) is 39.1 Å². The largest absolute Gasteiger partial charge is 0.310 e. The molecule has 1 aromatic heterocycles. The van der Waals surface area contributed by atoms with Gasteiger partial charge >= 0.3 is 0 Å². The van der Waals surface area contributed by atoms with Gasteiger partial charge in [-0.3, -0.25) is 0 Å². The Bertz CT molecular complexity index is 4000. The Labute approximate surface area is 397 Å². The fourth-order valence-electron chi connectivity index (χ4n) is 12.4. The number of anilines is 3. The molecule has 14 rings (SSSR count). The SMILES string of the molecule is CC1(C)c2cc(-c3ccccc3)ccc2-c2ccc(N(c3ccc4c(c3)C(C)(C)c3cccc(-n5c6ccccc6c6ccccc65)c3-4)c3ccc4c5ccccc5c5ccccc5c4c3)cc21. The van der Waals surface area contributed by atoms with Gasteiger partial charge in [-0.25, -0.2) is 0 Å². The molecule has 0 atom stereocenters. The van der Waals surface area contributed by atoms with E-state index in [2.05, 4.69) is 256 Å². The van der Waals surface area contributed by atoms with E-state index in [1.165, 1.54) is 115 Å². The first kappa shape index (κ1) is 39.0. The molecule has 2 nitrogen and oxygen atoms in total. The van der Waals surface area contributed by atoms with Crippen molar-refractivity contribution in [2.24, 2.45) is 0 Å². The molecule has 0 unspecified atom stereocenters. The van der Waals surface area contributed by atoms with Gasteiger partial charge in [0.2, 0.25) is 0 Å². The van der Waals surface area contributed by atoms with Gasteiger partial charge in [0.25, 0.3) is 0 Å². The highest BCUT2D eigenvalue weighted by Gasteiger charge is 2.39. The van der Waals surface area contributed by atoms with Gasteiger partial charge in [-0.1, -0.05) is 185 Å². The minimum absolute atomic E-state index is 0.208. The molecule has 2 heteroatoms. The molecule has 0 saturated carbocycles. The van der Waals surface area contributed by atoms with Crippen molar-refractivity contribution in [1.29, 1.82) is 0 Å². The molecule has 0 amide bonds. The molecule has 2 aliphatic rings. The fourth-order valence-corrected chi connectivity index (χ4v) is 12.4. The molecule has 322 valence electrons. The van der Waals surface area contributed by atoms with Crippen molar-refractivity contribution in [1.82, 2.24) is 4.57 Å². The number of hydrogen-bond acceptors (Lipinski definition) is 1. The summed E-state index contributed by atoms with van der Waals surface area (Å²) in [5.74, 6) is 0. The molecule has 0 aliphatic heterocycles. The topological polar surface area (TPSA) is 8.17 Å². The van der Waals surface area contributed by atoms with E-state index in [9.17, 15) is 0 Å². The molecule has 0 N–H and O–H groups in total. The number of hydrogen-bond donors (Lipinski definition) is 0. The molecular formula is C66H48N2. The maximum absolute atomic E-state index is 2.52. The van der Waals surface area contributed by atoms with Crippen LogP contribution in [0.15, 0.2) is 218 Å². The van der Waals surface area contributed by atoms with Gasteiger partial charge in [-0.05, 0) is 143 Å². The summed E-state index contributed by atoms with van der Waals surface area (Å²) in [5.41, 5.74) is 19.8. The summed E-state index contributed by atoms with van der Waals surface area (Å²) in [6.07, 6.45) is 0. The maximum Gasteiger partial charge on any atom is 0.0543 e. The van der Waals surface area contributed by atoms with E-state index < -0.39 is 0 Å². The number of benzene rings is 11. The second-order valence-corrected chi connectivity index (χ2v) is 20.1. The molecule has 11 aromatic carbocycles. The lowest BCUT2D eigenvalue weighted by Crippen LogP contribution is -2.18. The molecule has 0 spiro atoms. The zero-order chi connectivity index (χ0) is 45.5. The van der Waals surface area contributed by atoms with Crippen LogP contribution in [0.25, 0.3) is 93.2 Å². The zero-order valence-corrected chi connectivity index (χ0v) is 38.7. The van der Waals surface area contributed by atoms with Crippen LogP contribution >= 0.6 is 0 Å². The van der Waals surface area contributed by atoms with Crippen LogP contribution in [-0.4, -0.2) is 4.57 Å². The first-order valence-electron chi connectivity index (χ1n) is 24.0. The van der Waals surface area contributed by atoms with Crippen LogP contribution in [0, 0.1) is 0 Å². The molecule has 1 heterocycles. The molecule has 0 bridgehead atoms. The highest BCUT2D eigenvalue weighted by atomic mass is 15.1. The van der Waals surface area contributed by atoms with Crippen LogP contribution in [0.1, 0.15) is 49.9 Å². The van der Waals surface area contributed by atoms with Crippen LogP contribution in [0.4, 0.5) is 17.1 Å². The van der Waals surface area contributed by atoms with Crippen molar-refractivity contribution in [3.05, 3.63) is 241 Å². The Morgan fingerprint density at radius 2 is 0.765 bits per heavy atom. The van der Waals surface area contributed by atoms with Crippen molar-refractivity contribution in [2.45, 2.75) is 38.5 Å². The molecule has 0 fully saturated rings. The van der Waals surface area contributed by atoms with Crippen molar-refractivity contribution < 1.29 is 0 Å². The van der Waals surface area contributed by atoms with Crippen LogP contribution < -0.4 is 4.90 Å². The number of para-hydroxylation sites is 2. The molecule has 2 aliphatic carbocycles. The average molecular weight is 869 g/mol. The van der Waals surface area contributed by atoms with E-state index in [1.807, 2.05) is 0 Å². The second-order valence-electron chi connectivity index (χ2n) is 20.1. The summed E-state index contributed by atoms with van der Waals surface area (Å²) in [6.45, 7) is 9.62. The van der Waals surface area contributed by atoms with E-state index in [0.717, 1.165) is 17.1 Å². The standard InChI is InChI=1S/C66H48N2/c1-65(2)57-25-16-28-63(68-61-26-14-12-23-53(61)54-24-13-15-27-62(54)68)64(57)55-36-32-45(40-60(55)65)67(43-30-34-50-48-21-9-8-19-46(48)47-20-10-11-22-49(47)56(50)38-43)44-31-35-52-51-33-29-42(41-17-6-5-7-18-41)37-58(51)66(3,4)59(52)39-44/h5-40H,1-4H3. The Morgan fingerprint density at radius 1 is 0.309 bits per heavy atom. The lowest BCUT2D eigenvalue weighted by molar-refractivity contribution is 0.660. The Balaban J connectivity index is 0.981. The van der Waals surface area contributed by atoms with E-state index in [0.29, 0.717) is 0 Å². The van der Waals surface area contributed by atoms with Crippen molar-refractivity contribution in [2.75, 3.05) is 4.90 Å². The summed E-state index contributed by atoms with van der Waals surface area (Å²) in [4.78, 5) is 2.52. The van der Waals surface area contributed by atoms with Gasteiger partial charge in [-0.2, -0.15) is 0 Å². The maximum atomic E-state index is 2.52. The summed E-state index contributed by atoms with van der Waals surface area (Å²) in [5, 5.41) is 10.2. The zero-order valence-electron chi connectivity index (χ0n) is 38.7. The molecular weight excluding hydrogens is 821 g/mol. The van der Waals surface area contributed by atoms with Crippen molar-refractivity contribution >= 4 is 71.2 Å². The Morgan fingerprint density at radius 3 is 1.40 bits per heavy atom. The van der Waals surface area contributed by atoms with Crippen LogP contribution in [0.2, 0.25) is 0 Å². The molecule has 68 heavy (non-hydrogen) atoms. The predicted molar refractivity (Wildman–Crippen MR) is 289 cm³/mol. The number of aromatic nitrogens is 1. The smallest absolute Gasteiger partial charge is 0.0543 e. The Hall–Kier alpha value is -8.20. The van der Waals surface area contributed by atoms with Gasteiger partial charge in [0.05, 0.1) is 16.7 Å². The lowest BCUT2D eigenvalue weighted by atomic mass is 9.81. The van der Waals surface area contributed by atoms with Crippen molar-refractivity contribution in [3.63, 3.8) is 0 Å². The average Bonchev–Trinajstić information content (AvgIpc) is 3.93. The first-order chi connectivity index (χ1) is 33.3. The van der Waals surface area contributed by atoms with Gasteiger partial charge in [0.1, 0.15) is 0 Å². The van der Waals surface area contributed by atoms with Gasteiger partial charge in [0, 0.05) is 44.2 Å². The monoisotopic (exact) mass is 868 g/mol. The molecule has 0 saturated heterocycles. The predicted octanol–water partition coefficient (Wildman–Crippen LogP) is 18.0. The highest BCUT2D eigenvalue weighted by molar-refractivity contribution is 6.26. The number of nitrogens with zero attached hydrogens (tertiary/aromatic N) is 2.